The zero-order valence-corrected chi connectivity index (χ0v) is 16.0. The van der Waals surface area contributed by atoms with Crippen molar-refractivity contribution in [3.8, 4) is 22.8 Å². The summed E-state index contributed by atoms with van der Waals surface area (Å²) in [5.41, 5.74) is 1.47. The smallest absolute Gasteiger partial charge is 0.200 e. The van der Waals surface area contributed by atoms with E-state index in [1.807, 2.05) is 30.1 Å². The number of benzene rings is 1. The van der Waals surface area contributed by atoms with Gasteiger partial charge in [0.25, 0.3) is 0 Å². The van der Waals surface area contributed by atoms with Crippen molar-refractivity contribution in [2.24, 2.45) is 0 Å². The Hall–Kier alpha value is -3.46. The number of anilines is 2. The van der Waals surface area contributed by atoms with Crippen molar-refractivity contribution in [1.82, 2.24) is 20.2 Å². The Bertz CT molecular complexity index is 1200. The van der Waals surface area contributed by atoms with E-state index in [1.165, 1.54) is 6.26 Å². The van der Waals surface area contributed by atoms with Crippen LogP contribution in [0.2, 0.25) is 0 Å². The van der Waals surface area contributed by atoms with Gasteiger partial charge >= 0.3 is 0 Å². The van der Waals surface area contributed by atoms with Crippen molar-refractivity contribution in [3.05, 3.63) is 61.0 Å². The fourth-order valence-electron chi connectivity index (χ4n) is 2.78. The first-order valence-corrected chi connectivity index (χ1v) is 10.3. The van der Waals surface area contributed by atoms with E-state index in [9.17, 15) is 8.42 Å². The second-order valence-electron chi connectivity index (χ2n) is 6.19. The van der Waals surface area contributed by atoms with Gasteiger partial charge in [0.15, 0.2) is 21.5 Å². The van der Waals surface area contributed by atoms with Gasteiger partial charge in [-0.1, -0.05) is 0 Å². The van der Waals surface area contributed by atoms with Crippen LogP contribution in [-0.2, 0) is 9.84 Å². The number of hydrogen-bond acceptors (Lipinski definition) is 7. The molecule has 0 radical (unpaired) electrons. The normalized spacial score (nSPS) is 11.5. The summed E-state index contributed by atoms with van der Waals surface area (Å²) in [6.45, 7) is 0. The Morgan fingerprint density at radius 1 is 1.07 bits per heavy atom. The minimum Gasteiger partial charge on any atom is -0.448 e. The van der Waals surface area contributed by atoms with Gasteiger partial charge in [0, 0.05) is 31.1 Å². The first-order valence-electron chi connectivity index (χ1n) is 8.39. The zero-order chi connectivity index (χ0) is 19.7. The van der Waals surface area contributed by atoms with E-state index in [0.717, 1.165) is 5.56 Å². The van der Waals surface area contributed by atoms with Crippen LogP contribution in [0.15, 0.2) is 70.3 Å². The number of H-pyrrole nitrogens is 1. The molecule has 3 aromatic heterocycles. The fourth-order valence-corrected chi connectivity index (χ4v) is 3.41. The van der Waals surface area contributed by atoms with Crippen LogP contribution in [0.5, 0.6) is 0 Å². The molecule has 0 aliphatic rings. The van der Waals surface area contributed by atoms with E-state index in [2.05, 4.69) is 20.2 Å². The Kier molecular flexibility index (Phi) is 4.44. The Labute approximate surface area is 161 Å². The second kappa shape index (κ2) is 6.93. The second-order valence-corrected chi connectivity index (χ2v) is 8.20. The minimum atomic E-state index is -3.25. The van der Waals surface area contributed by atoms with Crippen molar-refractivity contribution < 1.29 is 12.8 Å². The van der Waals surface area contributed by atoms with E-state index in [4.69, 9.17) is 4.42 Å². The van der Waals surface area contributed by atoms with Gasteiger partial charge in [-0.3, -0.25) is 10.00 Å². The molecule has 0 aliphatic carbocycles. The number of nitrogens with zero attached hydrogens (tertiary/aromatic N) is 4. The van der Waals surface area contributed by atoms with Crippen molar-refractivity contribution in [2.45, 2.75) is 4.90 Å². The molecular weight excluding hydrogens is 378 g/mol. The lowest BCUT2D eigenvalue weighted by Gasteiger charge is -2.17. The van der Waals surface area contributed by atoms with Gasteiger partial charge in [-0.25, -0.2) is 18.4 Å². The van der Waals surface area contributed by atoms with Gasteiger partial charge in [-0.15, -0.1) is 0 Å². The molecule has 3 heterocycles. The van der Waals surface area contributed by atoms with Crippen molar-refractivity contribution in [2.75, 3.05) is 18.2 Å². The van der Waals surface area contributed by atoms with Crippen LogP contribution in [0.3, 0.4) is 0 Å². The standard InChI is InChI=1S/C19H17N5O3S/c1-24(16-6-4-12-27-16)19-15(5-3-11-20-19)18-21-17(22-23-18)13-7-9-14(10-8-13)28(2,25)26/h3-12H,1-2H3,(H,21,22,23). The molecule has 0 atom stereocenters. The van der Waals surface area contributed by atoms with Crippen LogP contribution < -0.4 is 4.90 Å². The predicted molar refractivity (Wildman–Crippen MR) is 105 cm³/mol. The Morgan fingerprint density at radius 2 is 1.86 bits per heavy atom. The first kappa shape index (κ1) is 17.9. The average molecular weight is 395 g/mol. The van der Waals surface area contributed by atoms with Crippen LogP contribution in [0.1, 0.15) is 0 Å². The molecule has 142 valence electrons. The molecule has 0 unspecified atom stereocenters. The van der Waals surface area contributed by atoms with Crippen LogP contribution in [0.25, 0.3) is 22.8 Å². The molecule has 0 saturated carbocycles. The fraction of sp³-hybridized carbons (Fsp3) is 0.105. The number of furan rings is 1. The number of aromatic nitrogens is 4. The minimum absolute atomic E-state index is 0.252. The molecule has 1 aromatic carbocycles. The van der Waals surface area contributed by atoms with E-state index in [0.29, 0.717) is 28.9 Å². The average Bonchev–Trinajstić information content (AvgIpc) is 3.39. The molecule has 0 fully saturated rings. The highest BCUT2D eigenvalue weighted by atomic mass is 32.2. The molecule has 0 amide bonds. The van der Waals surface area contributed by atoms with Gasteiger partial charge in [0.1, 0.15) is 5.82 Å². The maximum absolute atomic E-state index is 11.6. The molecule has 9 heteroatoms. The molecule has 28 heavy (non-hydrogen) atoms. The topological polar surface area (TPSA) is 105 Å². The van der Waals surface area contributed by atoms with Crippen LogP contribution >= 0.6 is 0 Å². The van der Waals surface area contributed by atoms with Gasteiger partial charge in [-0.2, -0.15) is 5.10 Å². The lowest BCUT2D eigenvalue weighted by atomic mass is 10.2. The summed E-state index contributed by atoms with van der Waals surface area (Å²) in [7, 11) is -1.39. The third-order valence-electron chi connectivity index (χ3n) is 4.22. The Balaban J connectivity index is 1.69. The summed E-state index contributed by atoms with van der Waals surface area (Å²) in [6.07, 6.45) is 4.47. The largest absolute Gasteiger partial charge is 0.448 e. The van der Waals surface area contributed by atoms with Gasteiger partial charge in [0.2, 0.25) is 5.88 Å². The number of sulfone groups is 1. The van der Waals surface area contributed by atoms with Gasteiger partial charge in [-0.05, 0) is 42.5 Å². The number of pyridine rings is 1. The summed E-state index contributed by atoms with van der Waals surface area (Å²) < 4.78 is 28.7. The molecule has 4 rings (SSSR count). The van der Waals surface area contributed by atoms with Crippen molar-refractivity contribution in [1.29, 1.82) is 0 Å². The van der Waals surface area contributed by atoms with Gasteiger partial charge < -0.3 is 4.42 Å². The molecule has 4 aromatic rings. The molecule has 0 aliphatic heterocycles. The zero-order valence-electron chi connectivity index (χ0n) is 15.2. The van der Waals surface area contributed by atoms with E-state index < -0.39 is 9.84 Å². The monoisotopic (exact) mass is 395 g/mol. The molecule has 8 nitrogen and oxygen atoms in total. The van der Waals surface area contributed by atoms with E-state index in [-0.39, 0.29) is 4.90 Å². The third-order valence-corrected chi connectivity index (χ3v) is 5.35. The SMILES string of the molecule is CN(c1ccco1)c1ncccc1-c1nc(-c2ccc(S(C)(=O)=O)cc2)n[nH]1. The quantitative estimate of drug-likeness (QED) is 0.553. The third kappa shape index (κ3) is 3.39. The highest BCUT2D eigenvalue weighted by molar-refractivity contribution is 7.90. The highest BCUT2D eigenvalue weighted by Crippen LogP contribution is 2.31. The van der Waals surface area contributed by atoms with Crippen LogP contribution in [0, 0.1) is 0 Å². The maximum atomic E-state index is 11.6. The number of aromatic amines is 1. The molecule has 0 saturated heterocycles. The number of hydrogen-bond donors (Lipinski definition) is 1. The number of rotatable bonds is 5. The van der Waals surface area contributed by atoms with Crippen molar-refractivity contribution >= 4 is 21.5 Å². The molecule has 0 bridgehead atoms. The van der Waals surface area contributed by atoms with E-state index >= 15 is 0 Å². The molecule has 0 spiro atoms. The lowest BCUT2D eigenvalue weighted by molar-refractivity contribution is 0.569. The lowest BCUT2D eigenvalue weighted by Crippen LogP contribution is -2.11. The summed E-state index contributed by atoms with van der Waals surface area (Å²) in [4.78, 5) is 11.1. The maximum Gasteiger partial charge on any atom is 0.200 e. The predicted octanol–water partition coefficient (Wildman–Crippen LogP) is 3.30. The Morgan fingerprint density at radius 3 is 2.54 bits per heavy atom. The summed E-state index contributed by atoms with van der Waals surface area (Å²) in [5, 5.41) is 7.19. The molecular formula is C19H17N5O3S. The number of nitrogens with one attached hydrogen (secondary N) is 1. The highest BCUT2D eigenvalue weighted by Gasteiger charge is 2.17. The first-order chi connectivity index (χ1) is 13.4. The summed E-state index contributed by atoms with van der Waals surface area (Å²) in [6, 6.07) is 13.8. The summed E-state index contributed by atoms with van der Waals surface area (Å²) in [5.74, 6) is 2.32. The van der Waals surface area contributed by atoms with Gasteiger partial charge in [0.05, 0.1) is 16.7 Å². The summed E-state index contributed by atoms with van der Waals surface area (Å²) >= 11 is 0. The van der Waals surface area contributed by atoms with Crippen LogP contribution in [-0.4, -0.2) is 41.9 Å². The van der Waals surface area contributed by atoms with E-state index in [1.54, 1.807) is 42.8 Å². The molecule has 1 N–H and O–H groups in total. The van der Waals surface area contributed by atoms with Crippen molar-refractivity contribution in [3.63, 3.8) is 0 Å². The van der Waals surface area contributed by atoms with Crippen LogP contribution in [0.4, 0.5) is 11.7 Å².